The van der Waals surface area contributed by atoms with Crippen LogP contribution in [0.15, 0.2) is 42.5 Å². The number of halogens is 1. The first-order valence-corrected chi connectivity index (χ1v) is 7.48. The average molecular weight is 284 g/mol. The number of aryl methyl sites for hydroxylation is 2. The number of hydrogen-bond acceptors (Lipinski definition) is 2. The van der Waals surface area contributed by atoms with E-state index in [1.165, 1.54) is 11.1 Å². The molecular weight excluding hydrogens is 263 g/mol. The van der Waals surface area contributed by atoms with E-state index in [2.05, 4.69) is 29.7 Å². The van der Waals surface area contributed by atoms with Gasteiger partial charge in [0.2, 0.25) is 0 Å². The predicted molar refractivity (Wildman–Crippen MR) is 83.2 cm³/mol. The monoisotopic (exact) mass is 284 g/mol. The molecule has 2 aromatic rings. The maximum atomic E-state index is 13.8. The molecule has 0 radical (unpaired) electrons. The van der Waals surface area contributed by atoms with Crippen molar-refractivity contribution in [2.24, 2.45) is 11.8 Å². The second-order valence-corrected chi connectivity index (χ2v) is 5.92. The van der Waals surface area contributed by atoms with Gasteiger partial charge in [-0.05, 0) is 60.4 Å². The van der Waals surface area contributed by atoms with Crippen molar-refractivity contribution in [3.63, 3.8) is 0 Å². The summed E-state index contributed by atoms with van der Waals surface area (Å²) in [5.41, 5.74) is 7.32. The third-order valence-corrected chi connectivity index (χ3v) is 4.59. The van der Waals surface area contributed by atoms with Crippen LogP contribution in [0.5, 0.6) is 0 Å². The quantitative estimate of drug-likeness (QED) is 0.669. The first-order chi connectivity index (χ1) is 10.2. The van der Waals surface area contributed by atoms with Gasteiger partial charge in [-0.15, -0.1) is 0 Å². The van der Waals surface area contributed by atoms with Gasteiger partial charge < -0.3 is 0 Å². The van der Waals surface area contributed by atoms with Crippen molar-refractivity contribution in [3.05, 3.63) is 70.5 Å². The highest BCUT2D eigenvalue weighted by molar-refractivity contribution is 5.32. The van der Waals surface area contributed by atoms with Crippen molar-refractivity contribution in [3.8, 4) is 0 Å². The van der Waals surface area contributed by atoms with E-state index in [-0.39, 0.29) is 11.9 Å². The Bertz CT molecular complexity index is 639. The molecule has 2 nitrogen and oxygen atoms in total. The van der Waals surface area contributed by atoms with Crippen LogP contribution < -0.4 is 11.3 Å². The first kappa shape index (κ1) is 14.2. The van der Waals surface area contributed by atoms with Crippen molar-refractivity contribution in [2.45, 2.75) is 32.2 Å². The molecule has 0 amide bonds. The summed E-state index contributed by atoms with van der Waals surface area (Å²) in [6, 6.07) is 14.0. The van der Waals surface area contributed by atoms with Gasteiger partial charge in [0, 0.05) is 6.04 Å². The lowest BCUT2D eigenvalue weighted by Crippen LogP contribution is -2.36. The molecule has 2 unspecified atom stereocenters. The molecule has 0 saturated heterocycles. The van der Waals surface area contributed by atoms with Crippen LogP contribution in [0.2, 0.25) is 0 Å². The number of benzene rings is 2. The van der Waals surface area contributed by atoms with Crippen LogP contribution in [0.3, 0.4) is 0 Å². The fraction of sp³-hybridized carbons (Fsp3) is 0.333. The van der Waals surface area contributed by atoms with E-state index in [9.17, 15) is 4.39 Å². The zero-order valence-electron chi connectivity index (χ0n) is 12.3. The van der Waals surface area contributed by atoms with Crippen LogP contribution in [0, 0.1) is 18.7 Å². The molecule has 1 aliphatic carbocycles. The van der Waals surface area contributed by atoms with Gasteiger partial charge in [-0.2, -0.15) is 0 Å². The largest absolute Gasteiger partial charge is 0.271 e. The highest BCUT2D eigenvalue weighted by atomic mass is 19.1. The Hall–Kier alpha value is -1.71. The van der Waals surface area contributed by atoms with Gasteiger partial charge in [0.05, 0.1) is 0 Å². The topological polar surface area (TPSA) is 38.0 Å². The van der Waals surface area contributed by atoms with Crippen LogP contribution in [0.4, 0.5) is 4.39 Å². The van der Waals surface area contributed by atoms with E-state index in [1.54, 1.807) is 13.0 Å². The lowest BCUT2D eigenvalue weighted by molar-refractivity contribution is 0.328. The van der Waals surface area contributed by atoms with Crippen LogP contribution in [0.1, 0.15) is 34.7 Å². The van der Waals surface area contributed by atoms with Crippen LogP contribution in [-0.4, -0.2) is 0 Å². The molecule has 0 spiro atoms. The predicted octanol–water partition coefficient (Wildman–Crippen LogP) is 3.44. The molecule has 21 heavy (non-hydrogen) atoms. The summed E-state index contributed by atoms with van der Waals surface area (Å²) in [4.78, 5) is 0. The molecule has 0 fully saturated rings. The standard InChI is InChI=1S/C18H21FN2/c1-12-6-7-16(11-17(12)19)18(21-20)15-9-8-13-4-2-3-5-14(13)10-15/h2-7,11,15,18,21H,8-10,20H2,1H3. The van der Waals surface area contributed by atoms with Crippen molar-refractivity contribution < 1.29 is 4.39 Å². The minimum atomic E-state index is -0.163. The maximum absolute atomic E-state index is 13.8. The van der Waals surface area contributed by atoms with E-state index in [0.29, 0.717) is 11.5 Å². The molecule has 0 aliphatic heterocycles. The van der Waals surface area contributed by atoms with E-state index in [0.717, 1.165) is 24.8 Å². The molecule has 3 heteroatoms. The highest BCUT2D eigenvalue weighted by Crippen LogP contribution is 2.34. The molecule has 3 N–H and O–H groups in total. The summed E-state index contributed by atoms with van der Waals surface area (Å²) in [5.74, 6) is 6.00. The van der Waals surface area contributed by atoms with Crippen molar-refractivity contribution >= 4 is 0 Å². The van der Waals surface area contributed by atoms with Gasteiger partial charge >= 0.3 is 0 Å². The molecule has 0 saturated carbocycles. The second kappa shape index (κ2) is 5.96. The van der Waals surface area contributed by atoms with Crippen LogP contribution in [0.25, 0.3) is 0 Å². The van der Waals surface area contributed by atoms with Crippen molar-refractivity contribution in [1.29, 1.82) is 0 Å². The number of rotatable bonds is 3. The van der Waals surface area contributed by atoms with Crippen LogP contribution in [-0.2, 0) is 12.8 Å². The van der Waals surface area contributed by atoms with Gasteiger partial charge in [0.25, 0.3) is 0 Å². The van der Waals surface area contributed by atoms with Crippen molar-refractivity contribution in [1.82, 2.24) is 5.43 Å². The Morgan fingerprint density at radius 1 is 1.19 bits per heavy atom. The summed E-state index contributed by atoms with van der Waals surface area (Å²) in [6.07, 6.45) is 3.12. The lowest BCUT2D eigenvalue weighted by atomic mass is 9.78. The van der Waals surface area contributed by atoms with Gasteiger partial charge in [-0.25, -0.2) is 4.39 Å². The van der Waals surface area contributed by atoms with Gasteiger partial charge in [0.1, 0.15) is 5.82 Å². The fourth-order valence-electron chi connectivity index (χ4n) is 3.32. The third-order valence-electron chi connectivity index (χ3n) is 4.59. The van der Waals surface area contributed by atoms with Crippen LogP contribution >= 0.6 is 0 Å². The fourth-order valence-corrected chi connectivity index (χ4v) is 3.32. The SMILES string of the molecule is Cc1ccc(C(NN)C2CCc3ccccc3C2)cc1F. The normalized spacial score (nSPS) is 19.1. The molecule has 3 rings (SSSR count). The Kier molecular flexibility index (Phi) is 4.04. The zero-order chi connectivity index (χ0) is 14.8. The third kappa shape index (κ3) is 2.85. The Morgan fingerprint density at radius 2 is 1.95 bits per heavy atom. The lowest BCUT2D eigenvalue weighted by Gasteiger charge is -2.31. The Morgan fingerprint density at radius 3 is 2.67 bits per heavy atom. The Labute approximate surface area is 125 Å². The number of hydrogen-bond donors (Lipinski definition) is 2. The summed E-state index contributed by atoms with van der Waals surface area (Å²) in [7, 11) is 0. The van der Waals surface area contributed by atoms with E-state index in [1.807, 2.05) is 12.1 Å². The molecule has 110 valence electrons. The summed E-state index contributed by atoms with van der Waals surface area (Å²) in [5, 5.41) is 0. The zero-order valence-corrected chi connectivity index (χ0v) is 12.3. The molecule has 1 aliphatic rings. The molecule has 0 aromatic heterocycles. The minimum Gasteiger partial charge on any atom is -0.271 e. The summed E-state index contributed by atoms with van der Waals surface area (Å²) < 4.78 is 13.8. The smallest absolute Gasteiger partial charge is 0.126 e. The molecule has 0 heterocycles. The molecular formula is C18H21FN2. The minimum absolute atomic E-state index is 0.00606. The second-order valence-electron chi connectivity index (χ2n) is 5.92. The highest BCUT2D eigenvalue weighted by Gasteiger charge is 2.27. The van der Waals surface area contributed by atoms with Gasteiger partial charge in [-0.3, -0.25) is 11.3 Å². The summed E-state index contributed by atoms with van der Waals surface area (Å²) in [6.45, 7) is 1.78. The Balaban J connectivity index is 1.86. The number of nitrogens with two attached hydrogens (primary N) is 1. The number of fused-ring (bicyclic) bond motifs is 1. The maximum Gasteiger partial charge on any atom is 0.126 e. The molecule has 2 atom stereocenters. The van der Waals surface area contributed by atoms with Gasteiger partial charge in [0.15, 0.2) is 0 Å². The first-order valence-electron chi connectivity index (χ1n) is 7.48. The van der Waals surface area contributed by atoms with Crippen molar-refractivity contribution in [2.75, 3.05) is 0 Å². The summed E-state index contributed by atoms with van der Waals surface area (Å²) >= 11 is 0. The average Bonchev–Trinajstić information content (AvgIpc) is 2.51. The van der Waals surface area contributed by atoms with E-state index < -0.39 is 0 Å². The molecule has 0 bridgehead atoms. The number of hydrazine groups is 1. The number of nitrogens with one attached hydrogen (secondary N) is 1. The molecule has 2 aromatic carbocycles. The van der Waals surface area contributed by atoms with Gasteiger partial charge in [-0.1, -0.05) is 36.4 Å². The van der Waals surface area contributed by atoms with E-state index in [4.69, 9.17) is 5.84 Å². The van der Waals surface area contributed by atoms with E-state index >= 15 is 0 Å².